The van der Waals surface area contributed by atoms with Crippen molar-refractivity contribution < 1.29 is 22.3 Å². The highest BCUT2D eigenvalue weighted by Crippen LogP contribution is 2.36. The highest BCUT2D eigenvalue weighted by molar-refractivity contribution is 7.89. The van der Waals surface area contributed by atoms with Crippen molar-refractivity contribution in [3.05, 3.63) is 53.5 Å². The Labute approximate surface area is 149 Å². The number of sulfonamides is 1. The van der Waals surface area contributed by atoms with E-state index in [2.05, 4.69) is 4.98 Å². The number of nitrogens with zero attached hydrogens (tertiary/aromatic N) is 1. The van der Waals surface area contributed by atoms with Gasteiger partial charge in [-0.05, 0) is 35.9 Å². The zero-order valence-electron chi connectivity index (χ0n) is 13.7. The van der Waals surface area contributed by atoms with Crippen LogP contribution in [0.2, 0.25) is 0 Å². The van der Waals surface area contributed by atoms with Crippen molar-refractivity contribution in [3.63, 3.8) is 0 Å². The molecule has 0 amide bonds. The molecule has 2 aromatic carbocycles. The molecular weight excluding hydrogens is 359 g/mol. The van der Waals surface area contributed by atoms with Crippen molar-refractivity contribution in [2.24, 2.45) is 0 Å². The minimum absolute atomic E-state index is 0.0950. The van der Waals surface area contributed by atoms with E-state index < -0.39 is 10.0 Å². The fourth-order valence-electron chi connectivity index (χ4n) is 3.56. The molecule has 0 bridgehead atoms. The minimum atomic E-state index is -3.67. The van der Waals surface area contributed by atoms with E-state index in [1.807, 2.05) is 0 Å². The van der Waals surface area contributed by atoms with Gasteiger partial charge in [-0.15, -0.1) is 0 Å². The average Bonchev–Trinajstić information content (AvgIpc) is 3.23. The van der Waals surface area contributed by atoms with Crippen LogP contribution in [0.1, 0.15) is 11.3 Å². The molecule has 3 heterocycles. The standard InChI is InChI=1S/C18H15FN2O4S/c19-11-1-3-13-14-9-21(6-5-15(14)20-16(13)7-11)26(22,23)12-2-4-17-18(8-12)25-10-24-17/h1-4,7-8,20H,5-6,9-10H2. The summed E-state index contributed by atoms with van der Waals surface area (Å²) in [7, 11) is -3.67. The smallest absolute Gasteiger partial charge is 0.243 e. The number of hydrogen-bond donors (Lipinski definition) is 1. The SMILES string of the molecule is O=S(=O)(c1ccc2c(c1)OCO2)N1CCc2[nH]c3cc(F)ccc3c2C1. The topological polar surface area (TPSA) is 71.6 Å². The molecule has 1 aromatic heterocycles. The first-order valence-corrected chi connectivity index (χ1v) is 9.65. The molecule has 0 unspecified atom stereocenters. The Morgan fingerprint density at radius 1 is 1.08 bits per heavy atom. The van der Waals surface area contributed by atoms with E-state index in [-0.39, 0.29) is 24.1 Å². The summed E-state index contributed by atoms with van der Waals surface area (Å²) in [6.45, 7) is 0.703. The van der Waals surface area contributed by atoms with Gasteiger partial charge in [-0.2, -0.15) is 4.31 Å². The summed E-state index contributed by atoms with van der Waals surface area (Å²) in [5.41, 5.74) is 2.55. The number of fused-ring (bicyclic) bond motifs is 4. The van der Waals surface area contributed by atoms with E-state index in [1.165, 1.54) is 28.6 Å². The van der Waals surface area contributed by atoms with E-state index in [9.17, 15) is 12.8 Å². The van der Waals surface area contributed by atoms with E-state index in [1.54, 1.807) is 12.1 Å². The fourth-order valence-corrected chi connectivity index (χ4v) is 4.99. The largest absolute Gasteiger partial charge is 0.454 e. The lowest BCUT2D eigenvalue weighted by atomic mass is 10.1. The van der Waals surface area contributed by atoms with Crippen LogP contribution >= 0.6 is 0 Å². The zero-order valence-corrected chi connectivity index (χ0v) is 14.5. The van der Waals surface area contributed by atoms with Crippen LogP contribution in [0, 0.1) is 5.82 Å². The molecule has 0 spiro atoms. The van der Waals surface area contributed by atoms with Gasteiger partial charge >= 0.3 is 0 Å². The minimum Gasteiger partial charge on any atom is -0.454 e. The summed E-state index contributed by atoms with van der Waals surface area (Å²) in [6.07, 6.45) is 0.551. The molecule has 8 heteroatoms. The van der Waals surface area contributed by atoms with Crippen molar-refractivity contribution in [1.82, 2.24) is 9.29 Å². The van der Waals surface area contributed by atoms with Crippen LogP contribution in [0.5, 0.6) is 11.5 Å². The van der Waals surface area contributed by atoms with E-state index in [4.69, 9.17) is 9.47 Å². The van der Waals surface area contributed by atoms with Crippen molar-refractivity contribution in [3.8, 4) is 11.5 Å². The molecule has 3 aromatic rings. The predicted molar refractivity (Wildman–Crippen MR) is 92.1 cm³/mol. The Hall–Kier alpha value is -2.58. The van der Waals surface area contributed by atoms with Gasteiger partial charge in [-0.1, -0.05) is 0 Å². The second-order valence-corrected chi connectivity index (χ2v) is 8.31. The number of nitrogens with one attached hydrogen (secondary N) is 1. The van der Waals surface area contributed by atoms with E-state index in [0.29, 0.717) is 30.0 Å². The quantitative estimate of drug-likeness (QED) is 0.749. The van der Waals surface area contributed by atoms with Crippen molar-refractivity contribution in [2.45, 2.75) is 17.9 Å². The van der Waals surface area contributed by atoms with Gasteiger partial charge in [0, 0.05) is 42.2 Å². The first-order chi connectivity index (χ1) is 12.5. The molecule has 0 atom stereocenters. The van der Waals surface area contributed by atoms with Crippen molar-refractivity contribution in [1.29, 1.82) is 0 Å². The number of aromatic amines is 1. The van der Waals surface area contributed by atoms with E-state index >= 15 is 0 Å². The number of benzene rings is 2. The van der Waals surface area contributed by atoms with Gasteiger partial charge in [0.05, 0.1) is 4.90 Å². The number of ether oxygens (including phenoxy) is 2. The summed E-state index contributed by atoms with van der Waals surface area (Å²) >= 11 is 0. The maximum Gasteiger partial charge on any atom is 0.243 e. The molecular formula is C18H15FN2O4S. The second kappa shape index (κ2) is 5.46. The van der Waals surface area contributed by atoms with Crippen LogP contribution < -0.4 is 9.47 Å². The predicted octanol–water partition coefficient (Wildman–Crippen LogP) is 2.78. The summed E-state index contributed by atoms with van der Waals surface area (Å²) in [6, 6.07) is 9.16. The molecule has 1 N–H and O–H groups in total. The molecule has 5 rings (SSSR count). The van der Waals surface area contributed by atoms with Gasteiger partial charge in [-0.3, -0.25) is 0 Å². The molecule has 0 saturated carbocycles. The Kier molecular flexibility index (Phi) is 3.29. The maximum absolute atomic E-state index is 13.4. The van der Waals surface area contributed by atoms with Gasteiger partial charge < -0.3 is 14.5 Å². The van der Waals surface area contributed by atoms with Crippen LogP contribution in [-0.2, 0) is 23.0 Å². The van der Waals surface area contributed by atoms with Crippen LogP contribution in [0.3, 0.4) is 0 Å². The first-order valence-electron chi connectivity index (χ1n) is 8.21. The zero-order chi connectivity index (χ0) is 17.9. The Balaban J connectivity index is 1.53. The lowest BCUT2D eigenvalue weighted by Crippen LogP contribution is -2.35. The average molecular weight is 374 g/mol. The van der Waals surface area contributed by atoms with Gasteiger partial charge in [0.25, 0.3) is 0 Å². The second-order valence-electron chi connectivity index (χ2n) is 6.38. The maximum atomic E-state index is 13.4. The fraction of sp³-hybridized carbons (Fsp3) is 0.222. The molecule has 0 fully saturated rings. The molecule has 2 aliphatic heterocycles. The molecule has 0 aliphatic carbocycles. The third-order valence-electron chi connectivity index (χ3n) is 4.88. The van der Waals surface area contributed by atoms with E-state index in [0.717, 1.165) is 16.6 Å². The highest BCUT2D eigenvalue weighted by Gasteiger charge is 2.31. The summed E-state index contributed by atoms with van der Waals surface area (Å²) in [5.74, 6) is 0.663. The van der Waals surface area contributed by atoms with Gasteiger partial charge in [0.15, 0.2) is 11.5 Å². The molecule has 0 saturated heterocycles. The van der Waals surface area contributed by atoms with Crippen LogP contribution in [0.4, 0.5) is 4.39 Å². The third-order valence-corrected chi connectivity index (χ3v) is 6.73. The van der Waals surface area contributed by atoms with Crippen LogP contribution in [0.15, 0.2) is 41.3 Å². The van der Waals surface area contributed by atoms with Gasteiger partial charge in [0.1, 0.15) is 5.82 Å². The molecule has 26 heavy (non-hydrogen) atoms. The van der Waals surface area contributed by atoms with Gasteiger partial charge in [-0.25, -0.2) is 12.8 Å². The first kappa shape index (κ1) is 15.7. The van der Waals surface area contributed by atoms with Crippen molar-refractivity contribution >= 4 is 20.9 Å². The molecule has 6 nitrogen and oxygen atoms in total. The number of aromatic nitrogens is 1. The number of hydrogen-bond acceptors (Lipinski definition) is 4. The molecule has 0 radical (unpaired) electrons. The van der Waals surface area contributed by atoms with Crippen molar-refractivity contribution in [2.75, 3.05) is 13.3 Å². The number of rotatable bonds is 2. The molecule has 134 valence electrons. The monoisotopic (exact) mass is 374 g/mol. The summed E-state index contributed by atoms with van der Waals surface area (Å²) in [5, 5.41) is 0.854. The van der Waals surface area contributed by atoms with Crippen LogP contribution in [-0.4, -0.2) is 31.0 Å². The summed E-state index contributed by atoms with van der Waals surface area (Å²) < 4.78 is 51.6. The Bertz CT molecular complexity index is 1140. The van der Waals surface area contributed by atoms with Crippen LogP contribution in [0.25, 0.3) is 10.9 Å². The Morgan fingerprint density at radius 2 is 1.92 bits per heavy atom. The Morgan fingerprint density at radius 3 is 2.81 bits per heavy atom. The van der Waals surface area contributed by atoms with Gasteiger partial charge in [0.2, 0.25) is 16.8 Å². The number of H-pyrrole nitrogens is 1. The normalized spacial score (nSPS) is 16.8. The highest BCUT2D eigenvalue weighted by atomic mass is 32.2. The molecule has 2 aliphatic rings. The third kappa shape index (κ3) is 2.29. The lowest BCUT2D eigenvalue weighted by molar-refractivity contribution is 0.174. The number of halogens is 1. The lowest BCUT2D eigenvalue weighted by Gasteiger charge is -2.26. The summed E-state index contributed by atoms with van der Waals surface area (Å²) in [4.78, 5) is 3.38.